The molecule has 0 radical (unpaired) electrons. The standard InChI is InChI=1S/C39H24N4S/c1-3-12-25(13-4-1)27-22-23-29-28-16-7-9-19-32(28)43(33(29)24-27)39-41-37(26-14-5-2-6-15-26)40-38(42-39)31-18-11-21-35-36(31)30-17-8-10-20-34(30)44-35/h1-24H/i1D,3D,4D,7D,9D,12D,13D,16D,19D. The monoisotopic (exact) mass is 589 g/mol. The quantitative estimate of drug-likeness (QED) is 0.205. The first kappa shape index (κ1) is 17.5. The van der Waals surface area contributed by atoms with Crippen molar-refractivity contribution in [3.8, 4) is 39.9 Å². The van der Waals surface area contributed by atoms with Crippen molar-refractivity contribution in [3.63, 3.8) is 0 Å². The van der Waals surface area contributed by atoms with Gasteiger partial charge in [-0.3, -0.25) is 4.57 Å². The summed E-state index contributed by atoms with van der Waals surface area (Å²) in [5.41, 5.74) is 2.20. The van der Waals surface area contributed by atoms with Crippen LogP contribution in [-0.4, -0.2) is 19.5 Å². The van der Waals surface area contributed by atoms with E-state index in [0.29, 0.717) is 33.7 Å². The van der Waals surface area contributed by atoms with Gasteiger partial charge < -0.3 is 0 Å². The van der Waals surface area contributed by atoms with Crippen LogP contribution >= 0.6 is 11.3 Å². The molecular weight excluding hydrogens is 557 g/mol. The van der Waals surface area contributed by atoms with Crippen LogP contribution in [0.15, 0.2) is 145 Å². The number of fused-ring (bicyclic) bond motifs is 6. The van der Waals surface area contributed by atoms with E-state index in [4.69, 9.17) is 27.3 Å². The SMILES string of the molecule is [2H]c1c([2H])c([2H])c(-c2ccc3c4c([2H])c([2H])c([2H])c([2H])c4n(-c4nc(-c5ccccc5)nc(-c5cccc6sc7ccccc7c56)n4)c3c2)c([2H])c1[2H]. The first-order chi connectivity index (χ1) is 25.5. The molecule has 0 spiro atoms. The van der Waals surface area contributed by atoms with Crippen molar-refractivity contribution in [2.45, 2.75) is 0 Å². The smallest absolute Gasteiger partial charge is 0.238 e. The van der Waals surface area contributed by atoms with Crippen molar-refractivity contribution in [2.24, 2.45) is 0 Å². The normalized spacial score (nSPS) is 14.5. The van der Waals surface area contributed by atoms with Gasteiger partial charge in [0.15, 0.2) is 11.6 Å². The average Bonchev–Trinajstić information content (AvgIpc) is 3.74. The second kappa shape index (κ2) is 9.97. The van der Waals surface area contributed by atoms with Crippen LogP contribution in [0.4, 0.5) is 0 Å². The lowest BCUT2D eigenvalue weighted by atomic mass is 10.0. The Morgan fingerprint density at radius 1 is 0.523 bits per heavy atom. The van der Waals surface area contributed by atoms with Crippen molar-refractivity contribution in [1.29, 1.82) is 0 Å². The Bertz CT molecular complexity index is 2990. The molecule has 0 fully saturated rings. The van der Waals surface area contributed by atoms with Crippen molar-refractivity contribution < 1.29 is 12.3 Å². The van der Waals surface area contributed by atoms with Crippen LogP contribution < -0.4 is 0 Å². The molecule has 0 N–H and O–H groups in total. The molecule has 0 aliphatic heterocycles. The highest BCUT2D eigenvalue weighted by atomic mass is 32.1. The second-order valence-corrected chi connectivity index (χ2v) is 11.3. The summed E-state index contributed by atoms with van der Waals surface area (Å²) >= 11 is 1.66. The third-order valence-corrected chi connectivity index (χ3v) is 8.82. The first-order valence-electron chi connectivity index (χ1n) is 18.4. The first-order valence-corrected chi connectivity index (χ1v) is 14.7. The molecule has 0 saturated heterocycles. The van der Waals surface area contributed by atoms with E-state index < -0.39 is 30.2 Å². The average molecular weight is 590 g/mol. The molecule has 0 bridgehead atoms. The number of hydrogen-bond donors (Lipinski definition) is 0. The summed E-state index contributed by atoms with van der Waals surface area (Å²) < 4.78 is 81.0. The molecule has 0 saturated carbocycles. The summed E-state index contributed by atoms with van der Waals surface area (Å²) in [5, 5.41) is 2.68. The summed E-state index contributed by atoms with van der Waals surface area (Å²) in [4.78, 5) is 15.0. The molecule has 3 heterocycles. The Morgan fingerprint density at radius 3 is 2.20 bits per heavy atom. The lowest BCUT2D eigenvalue weighted by Gasteiger charge is -2.12. The fourth-order valence-electron chi connectivity index (χ4n) is 5.74. The minimum atomic E-state index is -0.512. The molecule has 3 aromatic heterocycles. The Hall–Kier alpha value is -5.65. The third kappa shape index (κ3) is 3.94. The zero-order valence-corrected chi connectivity index (χ0v) is 23.7. The maximum atomic E-state index is 9.12. The molecule has 6 aromatic carbocycles. The highest BCUT2D eigenvalue weighted by Gasteiger charge is 2.20. The van der Waals surface area contributed by atoms with Crippen LogP contribution in [0.3, 0.4) is 0 Å². The number of thiophene rings is 1. The fraction of sp³-hybridized carbons (Fsp3) is 0. The highest BCUT2D eigenvalue weighted by Crippen LogP contribution is 2.40. The number of benzene rings is 6. The molecule has 0 unspecified atom stereocenters. The molecule has 0 amide bonds. The van der Waals surface area contributed by atoms with Gasteiger partial charge in [0, 0.05) is 42.1 Å². The Labute approximate surface area is 270 Å². The van der Waals surface area contributed by atoms with Gasteiger partial charge in [-0.2, -0.15) is 9.97 Å². The van der Waals surface area contributed by atoms with E-state index in [2.05, 4.69) is 12.1 Å². The van der Waals surface area contributed by atoms with Gasteiger partial charge in [0.25, 0.3) is 0 Å². The number of nitrogens with zero attached hydrogens (tertiary/aromatic N) is 4. The number of hydrogen-bond acceptors (Lipinski definition) is 4. The molecule has 44 heavy (non-hydrogen) atoms. The summed E-state index contributed by atoms with van der Waals surface area (Å²) in [7, 11) is 0. The van der Waals surface area contributed by atoms with Gasteiger partial charge in [0.1, 0.15) is 0 Å². The predicted octanol–water partition coefficient (Wildman–Crippen LogP) is 10.3. The van der Waals surface area contributed by atoms with Gasteiger partial charge in [0.2, 0.25) is 5.95 Å². The van der Waals surface area contributed by atoms with E-state index in [0.717, 1.165) is 25.7 Å². The largest absolute Gasteiger partial charge is 0.278 e. The molecule has 0 atom stereocenters. The number of para-hydroxylation sites is 1. The number of rotatable bonds is 4. The van der Waals surface area contributed by atoms with Gasteiger partial charge in [0.05, 0.1) is 23.4 Å². The van der Waals surface area contributed by atoms with Gasteiger partial charge in [-0.25, -0.2) is 4.98 Å². The summed E-state index contributed by atoms with van der Waals surface area (Å²) in [6.45, 7) is 0. The van der Waals surface area contributed by atoms with Crippen molar-refractivity contribution in [2.75, 3.05) is 0 Å². The van der Waals surface area contributed by atoms with E-state index in [1.807, 2.05) is 60.7 Å². The van der Waals surface area contributed by atoms with Crippen molar-refractivity contribution in [1.82, 2.24) is 19.5 Å². The second-order valence-electron chi connectivity index (χ2n) is 10.2. The molecule has 9 rings (SSSR count). The molecule has 4 nitrogen and oxygen atoms in total. The zero-order valence-electron chi connectivity index (χ0n) is 31.9. The van der Waals surface area contributed by atoms with Crippen LogP contribution in [0.25, 0.3) is 81.8 Å². The van der Waals surface area contributed by atoms with Gasteiger partial charge >= 0.3 is 0 Å². The van der Waals surface area contributed by atoms with E-state index in [1.165, 1.54) is 0 Å². The molecule has 0 aliphatic rings. The lowest BCUT2D eigenvalue weighted by molar-refractivity contribution is 0.954. The molecule has 9 aromatic rings. The van der Waals surface area contributed by atoms with Gasteiger partial charge in [-0.1, -0.05) is 121 Å². The van der Waals surface area contributed by atoms with E-state index in [-0.39, 0.29) is 46.6 Å². The molecule has 206 valence electrons. The molecule has 5 heteroatoms. The maximum Gasteiger partial charge on any atom is 0.238 e. The predicted molar refractivity (Wildman–Crippen MR) is 183 cm³/mol. The summed E-state index contributed by atoms with van der Waals surface area (Å²) in [6.07, 6.45) is 0. The highest BCUT2D eigenvalue weighted by molar-refractivity contribution is 7.25. The zero-order chi connectivity index (χ0) is 36.9. The minimum Gasteiger partial charge on any atom is -0.278 e. The van der Waals surface area contributed by atoms with E-state index >= 15 is 0 Å². The maximum absolute atomic E-state index is 9.12. The molecule has 0 aliphatic carbocycles. The third-order valence-electron chi connectivity index (χ3n) is 7.69. The Morgan fingerprint density at radius 2 is 1.30 bits per heavy atom. The Kier molecular flexibility index (Phi) is 3.96. The van der Waals surface area contributed by atoms with Gasteiger partial charge in [-0.05, 0) is 35.4 Å². The van der Waals surface area contributed by atoms with Crippen LogP contribution in [0, 0.1) is 0 Å². The van der Waals surface area contributed by atoms with Crippen molar-refractivity contribution >= 4 is 53.3 Å². The van der Waals surface area contributed by atoms with Gasteiger partial charge in [-0.15, -0.1) is 11.3 Å². The minimum absolute atomic E-state index is 0.0217. The summed E-state index contributed by atoms with van der Waals surface area (Å²) in [6, 6.07) is 24.6. The van der Waals surface area contributed by atoms with Crippen molar-refractivity contribution in [3.05, 3.63) is 145 Å². The lowest BCUT2D eigenvalue weighted by Crippen LogP contribution is -2.06. The van der Waals surface area contributed by atoms with E-state index in [1.54, 1.807) is 34.1 Å². The topological polar surface area (TPSA) is 43.6 Å². The van der Waals surface area contributed by atoms with Crippen LogP contribution in [0.2, 0.25) is 0 Å². The van der Waals surface area contributed by atoms with Crippen LogP contribution in [-0.2, 0) is 0 Å². The summed E-state index contributed by atoms with van der Waals surface area (Å²) in [5.74, 6) is 0.758. The number of aromatic nitrogens is 4. The van der Waals surface area contributed by atoms with Crippen LogP contribution in [0.1, 0.15) is 12.3 Å². The fourth-order valence-corrected chi connectivity index (χ4v) is 6.87. The molecular formula is C39H24N4S. The Balaban J connectivity index is 1.43. The van der Waals surface area contributed by atoms with E-state index in [9.17, 15) is 0 Å². The van der Waals surface area contributed by atoms with Crippen LogP contribution in [0.5, 0.6) is 0 Å².